The third-order valence-electron chi connectivity index (χ3n) is 3.65. The van der Waals surface area contributed by atoms with Crippen LogP contribution in [-0.4, -0.2) is 24.0 Å². The number of nitrogens with two attached hydrogens (primary N) is 1. The summed E-state index contributed by atoms with van der Waals surface area (Å²) in [7, 11) is 0. The van der Waals surface area contributed by atoms with Crippen molar-refractivity contribution >= 4 is 11.6 Å². The van der Waals surface area contributed by atoms with Gasteiger partial charge >= 0.3 is 0 Å². The van der Waals surface area contributed by atoms with E-state index in [2.05, 4.69) is 25.7 Å². The summed E-state index contributed by atoms with van der Waals surface area (Å²) in [6, 6.07) is 8.50. The van der Waals surface area contributed by atoms with E-state index in [4.69, 9.17) is 17.3 Å². The predicted octanol–water partition coefficient (Wildman–Crippen LogP) is 3.85. The second-order valence-corrected chi connectivity index (χ2v) is 5.21. The lowest BCUT2D eigenvalue weighted by atomic mass is 10.0. The molecular formula is C15H25ClN2. The smallest absolute Gasteiger partial charge is 0.0453 e. The third-order valence-corrected chi connectivity index (χ3v) is 4.00. The van der Waals surface area contributed by atoms with Gasteiger partial charge < -0.3 is 10.6 Å². The van der Waals surface area contributed by atoms with Crippen LogP contribution in [0.2, 0.25) is 5.02 Å². The molecule has 102 valence electrons. The fourth-order valence-electron chi connectivity index (χ4n) is 2.18. The van der Waals surface area contributed by atoms with Gasteiger partial charge in [0.25, 0.3) is 0 Å². The zero-order valence-electron chi connectivity index (χ0n) is 11.7. The van der Waals surface area contributed by atoms with Gasteiger partial charge in [-0.2, -0.15) is 0 Å². The molecule has 18 heavy (non-hydrogen) atoms. The number of nitrogens with zero attached hydrogens (tertiary/aromatic N) is 1. The lowest BCUT2D eigenvalue weighted by molar-refractivity contribution is 0.207. The van der Waals surface area contributed by atoms with Crippen molar-refractivity contribution in [1.82, 2.24) is 4.90 Å². The van der Waals surface area contributed by atoms with Crippen molar-refractivity contribution in [3.8, 4) is 0 Å². The van der Waals surface area contributed by atoms with Crippen molar-refractivity contribution in [2.24, 2.45) is 5.73 Å². The number of hydrogen-bond acceptors (Lipinski definition) is 2. The van der Waals surface area contributed by atoms with Crippen LogP contribution in [-0.2, 0) is 0 Å². The van der Waals surface area contributed by atoms with E-state index in [-0.39, 0.29) is 6.04 Å². The van der Waals surface area contributed by atoms with Crippen LogP contribution >= 0.6 is 11.6 Å². The molecule has 0 saturated carbocycles. The molecule has 2 N–H and O–H groups in total. The van der Waals surface area contributed by atoms with Gasteiger partial charge in [-0.25, -0.2) is 0 Å². The Labute approximate surface area is 116 Å². The van der Waals surface area contributed by atoms with Crippen molar-refractivity contribution in [2.45, 2.75) is 45.7 Å². The molecule has 0 aliphatic rings. The number of hydrogen-bond donors (Lipinski definition) is 1. The fraction of sp³-hybridized carbons (Fsp3) is 0.600. The standard InChI is InChI=1S/C15H25ClN2/c1-4-12(3)18(5-2)11-10-15(17)13-8-6-7-9-14(13)16/h6-9,12,15H,4-5,10-11,17H2,1-3H3. The SMILES string of the molecule is CCC(C)N(CC)CCC(N)c1ccccc1Cl. The van der Waals surface area contributed by atoms with E-state index in [0.29, 0.717) is 6.04 Å². The fourth-order valence-corrected chi connectivity index (χ4v) is 2.46. The number of rotatable bonds is 7. The Bertz CT molecular complexity index is 354. The molecule has 0 aliphatic carbocycles. The first-order valence-electron chi connectivity index (χ1n) is 6.84. The molecule has 0 saturated heterocycles. The molecule has 1 rings (SSSR count). The maximum atomic E-state index is 6.23. The summed E-state index contributed by atoms with van der Waals surface area (Å²) in [5.41, 5.74) is 7.28. The average Bonchev–Trinajstić information content (AvgIpc) is 2.39. The van der Waals surface area contributed by atoms with Crippen molar-refractivity contribution in [3.63, 3.8) is 0 Å². The van der Waals surface area contributed by atoms with Gasteiger partial charge in [-0.15, -0.1) is 0 Å². The Hall–Kier alpha value is -0.570. The van der Waals surface area contributed by atoms with E-state index in [1.807, 2.05) is 24.3 Å². The van der Waals surface area contributed by atoms with Gasteiger partial charge in [-0.05, 0) is 37.9 Å². The van der Waals surface area contributed by atoms with Gasteiger partial charge in [0.15, 0.2) is 0 Å². The van der Waals surface area contributed by atoms with Crippen molar-refractivity contribution < 1.29 is 0 Å². The normalized spacial score (nSPS) is 14.8. The lowest BCUT2D eigenvalue weighted by Crippen LogP contribution is -2.34. The molecule has 0 radical (unpaired) electrons. The summed E-state index contributed by atoms with van der Waals surface area (Å²) in [4.78, 5) is 2.47. The van der Waals surface area contributed by atoms with Gasteiger partial charge in [0.05, 0.1) is 0 Å². The highest BCUT2D eigenvalue weighted by Gasteiger charge is 2.14. The van der Waals surface area contributed by atoms with Gasteiger partial charge in [-0.1, -0.05) is 43.6 Å². The summed E-state index contributed by atoms with van der Waals surface area (Å²) < 4.78 is 0. The maximum absolute atomic E-state index is 6.23. The summed E-state index contributed by atoms with van der Waals surface area (Å²) in [5.74, 6) is 0. The molecule has 0 amide bonds. The highest BCUT2D eigenvalue weighted by Crippen LogP contribution is 2.23. The van der Waals surface area contributed by atoms with E-state index in [1.165, 1.54) is 6.42 Å². The first kappa shape index (κ1) is 15.5. The summed E-state index contributed by atoms with van der Waals surface area (Å²) >= 11 is 6.16. The lowest BCUT2D eigenvalue weighted by Gasteiger charge is -2.28. The minimum absolute atomic E-state index is 0.0248. The minimum Gasteiger partial charge on any atom is -0.324 e. The molecule has 0 spiro atoms. The molecule has 0 heterocycles. The Morgan fingerprint density at radius 1 is 1.28 bits per heavy atom. The van der Waals surface area contributed by atoms with E-state index in [1.54, 1.807) is 0 Å². The second kappa shape index (κ2) is 7.78. The van der Waals surface area contributed by atoms with Gasteiger partial charge in [0.2, 0.25) is 0 Å². The number of benzene rings is 1. The van der Waals surface area contributed by atoms with Crippen LogP contribution in [0, 0.1) is 0 Å². The van der Waals surface area contributed by atoms with Gasteiger partial charge in [0.1, 0.15) is 0 Å². The highest BCUT2D eigenvalue weighted by molar-refractivity contribution is 6.31. The van der Waals surface area contributed by atoms with Gasteiger partial charge in [0, 0.05) is 23.7 Å². The Kier molecular flexibility index (Phi) is 6.69. The van der Waals surface area contributed by atoms with E-state index < -0.39 is 0 Å². The van der Waals surface area contributed by atoms with Crippen LogP contribution in [0.3, 0.4) is 0 Å². The quantitative estimate of drug-likeness (QED) is 0.814. The molecule has 0 fully saturated rings. The molecule has 0 bridgehead atoms. The Morgan fingerprint density at radius 2 is 1.94 bits per heavy atom. The van der Waals surface area contributed by atoms with Crippen LogP contribution in [0.5, 0.6) is 0 Å². The molecule has 1 aromatic rings. The molecular weight excluding hydrogens is 244 g/mol. The molecule has 2 nitrogen and oxygen atoms in total. The predicted molar refractivity (Wildman–Crippen MR) is 80.0 cm³/mol. The van der Waals surface area contributed by atoms with E-state index in [9.17, 15) is 0 Å². The maximum Gasteiger partial charge on any atom is 0.0453 e. The molecule has 1 aromatic carbocycles. The first-order valence-corrected chi connectivity index (χ1v) is 7.22. The minimum atomic E-state index is 0.0248. The van der Waals surface area contributed by atoms with Crippen molar-refractivity contribution in [2.75, 3.05) is 13.1 Å². The zero-order chi connectivity index (χ0) is 13.5. The van der Waals surface area contributed by atoms with Crippen LogP contribution in [0.4, 0.5) is 0 Å². The van der Waals surface area contributed by atoms with Crippen LogP contribution in [0.15, 0.2) is 24.3 Å². The second-order valence-electron chi connectivity index (χ2n) is 4.80. The summed E-state index contributed by atoms with van der Waals surface area (Å²) in [5, 5.41) is 0.775. The van der Waals surface area contributed by atoms with Crippen molar-refractivity contribution in [3.05, 3.63) is 34.9 Å². The Morgan fingerprint density at radius 3 is 2.50 bits per heavy atom. The molecule has 3 heteroatoms. The topological polar surface area (TPSA) is 29.3 Å². The largest absolute Gasteiger partial charge is 0.324 e. The highest BCUT2D eigenvalue weighted by atomic mass is 35.5. The van der Waals surface area contributed by atoms with Crippen LogP contribution in [0.25, 0.3) is 0 Å². The molecule has 0 aliphatic heterocycles. The summed E-state index contributed by atoms with van der Waals surface area (Å²) in [6.45, 7) is 8.79. The first-order chi connectivity index (χ1) is 8.60. The van der Waals surface area contributed by atoms with E-state index >= 15 is 0 Å². The Balaban J connectivity index is 2.55. The molecule has 0 aromatic heterocycles. The molecule has 2 atom stereocenters. The zero-order valence-corrected chi connectivity index (χ0v) is 12.5. The summed E-state index contributed by atoms with van der Waals surface area (Å²) in [6.07, 6.45) is 2.12. The molecule has 2 unspecified atom stereocenters. The van der Waals surface area contributed by atoms with Crippen LogP contribution < -0.4 is 5.73 Å². The number of halogens is 1. The third kappa shape index (κ3) is 4.27. The monoisotopic (exact) mass is 268 g/mol. The van der Waals surface area contributed by atoms with Gasteiger partial charge in [-0.3, -0.25) is 0 Å². The average molecular weight is 269 g/mol. The van der Waals surface area contributed by atoms with E-state index in [0.717, 1.165) is 30.1 Å². The van der Waals surface area contributed by atoms with Crippen molar-refractivity contribution in [1.29, 1.82) is 0 Å². The van der Waals surface area contributed by atoms with Crippen LogP contribution in [0.1, 0.15) is 45.2 Å².